The molecule has 2 aromatic rings. The number of carbonyl (C=O) groups is 1. The first kappa shape index (κ1) is 18.3. The lowest BCUT2D eigenvalue weighted by Gasteiger charge is -2.11. The maximum absolute atomic E-state index is 12.2. The van der Waals surface area contributed by atoms with Crippen LogP contribution in [0.25, 0.3) is 0 Å². The van der Waals surface area contributed by atoms with Gasteiger partial charge >= 0.3 is 0 Å². The van der Waals surface area contributed by atoms with Crippen molar-refractivity contribution in [3.8, 4) is 17.2 Å². The zero-order valence-electron chi connectivity index (χ0n) is 15.0. The van der Waals surface area contributed by atoms with Crippen molar-refractivity contribution in [3.63, 3.8) is 0 Å². The molecular weight excluding hydrogens is 320 g/mol. The summed E-state index contributed by atoms with van der Waals surface area (Å²) in [5.41, 5.74) is 5.91. The lowest BCUT2D eigenvalue weighted by molar-refractivity contribution is 0.0955. The fourth-order valence-corrected chi connectivity index (χ4v) is 2.26. The van der Waals surface area contributed by atoms with Gasteiger partial charge < -0.3 is 14.2 Å². The van der Waals surface area contributed by atoms with Crippen molar-refractivity contribution < 1.29 is 19.0 Å². The molecule has 0 spiro atoms. The topological polar surface area (TPSA) is 69.2 Å². The van der Waals surface area contributed by atoms with Gasteiger partial charge in [-0.05, 0) is 43.2 Å². The lowest BCUT2D eigenvalue weighted by Crippen LogP contribution is -2.17. The molecule has 0 radical (unpaired) electrons. The van der Waals surface area contributed by atoms with Gasteiger partial charge in [-0.25, -0.2) is 5.43 Å². The fraction of sp³-hybridized carbons (Fsp3) is 0.263. The minimum atomic E-state index is -0.279. The van der Waals surface area contributed by atoms with Gasteiger partial charge in [-0.15, -0.1) is 0 Å². The summed E-state index contributed by atoms with van der Waals surface area (Å²) in [5.74, 6) is 1.38. The number of nitrogens with zero attached hydrogens (tertiary/aromatic N) is 1. The van der Waals surface area contributed by atoms with E-state index in [2.05, 4.69) is 10.5 Å². The molecule has 0 unspecified atom stereocenters. The van der Waals surface area contributed by atoms with Crippen LogP contribution in [0, 0.1) is 13.8 Å². The Morgan fingerprint density at radius 1 is 0.920 bits per heavy atom. The number of amides is 1. The van der Waals surface area contributed by atoms with Gasteiger partial charge in [-0.3, -0.25) is 4.79 Å². The molecule has 0 saturated carbocycles. The maximum atomic E-state index is 12.2. The molecule has 0 fully saturated rings. The monoisotopic (exact) mass is 342 g/mol. The van der Waals surface area contributed by atoms with Crippen LogP contribution in [0.4, 0.5) is 0 Å². The van der Waals surface area contributed by atoms with E-state index in [9.17, 15) is 4.79 Å². The SMILES string of the molecule is COc1cc(OC)c(OC)cc1C=NNC(=O)c1ccc(C)c(C)c1. The zero-order valence-corrected chi connectivity index (χ0v) is 15.0. The van der Waals surface area contributed by atoms with Gasteiger partial charge in [0.05, 0.1) is 27.5 Å². The van der Waals surface area contributed by atoms with E-state index in [0.717, 1.165) is 11.1 Å². The predicted molar refractivity (Wildman–Crippen MR) is 97.1 cm³/mol. The number of hydrogen-bond donors (Lipinski definition) is 1. The number of ether oxygens (including phenoxy) is 3. The third kappa shape index (κ3) is 4.29. The van der Waals surface area contributed by atoms with E-state index in [1.54, 1.807) is 39.5 Å². The van der Waals surface area contributed by atoms with Crippen molar-refractivity contribution in [1.29, 1.82) is 0 Å². The number of rotatable bonds is 6. The van der Waals surface area contributed by atoms with Crippen molar-refractivity contribution in [2.75, 3.05) is 21.3 Å². The Morgan fingerprint density at radius 3 is 2.16 bits per heavy atom. The van der Waals surface area contributed by atoms with Gasteiger partial charge in [0.2, 0.25) is 0 Å². The Morgan fingerprint density at radius 2 is 1.56 bits per heavy atom. The van der Waals surface area contributed by atoms with E-state index < -0.39 is 0 Å². The van der Waals surface area contributed by atoms with Crippen molar-refractivity contribution >= 4 is 12.1 Å². The summed E-state index contributed by atoms with van der Waals surface area (Å²) >= 11 is 0. The second-order valence-corrected chi connectivity index (χ2v) is 5.45. The minimum absolute atomic E-state index is 0.279. The van der Waals surface area contributed by atoms with Crippen molar-refractivity contribution in [3.05, 3.63) is 52.6 Å². The van der Waals surface area contributed by atoms with Crippen LogP contribution in [0.15, 0.2) is 35.4 Å². The van der Waals surface area contributed by atoms with Crippen LogP contribution < -0.4 is 19.6 Å². The molecule has 2 aromatic carbocycles. The predicted octanol–water partition coefficient (Wildman–Crippen LogP) is 3.09. The number of nitrogens with one attached hydrogen (secondary N) is 1. The van der Waals surface area contributed by atoms with E-state index in [1.807, 2.05) is 26.0 Å². The molecule has 1 N–H and O–H groups in total. The second-order valence-electron chi connectivity index (χ2n) is 5.45. The molecule has 132 valence electrons. The first-order chi connectivity index (χ1) is 12.0. The van der Waals surface area contributed by atoms with Crippen LogP contribution in [0.3, 0.4) is 0 Å². The average Bonchev–Trinajstić information content (AvgIpc) is 2.63. The van der Waals surface area contributed by atoms with Crippen LogP contribution in [0.5, 0.6) is 17.2 Å². The molecule has 0 bridgehead atoms. The highest BCUT2D eigenvalue weighted by Gasteiger charge is 2.11. The van der Waals surface area contributed by atoms with Crippen LogP contribution >= 0.6 is 0 Å². The van der Waals surface area contributed by atoms with Gasteiger partial charge in [-0.2, -0.15) is 5.10 Å². The quantitative estimate of drug-likeness (QED) is 0.647. The molecule has 1 amide bonds. The smallest absolute Gasteiger partial charge is 0.271 e. The number of methoxy groups -OCH3 is 3. The Kier molecular flexibility index (Phi) is 6.00. The van der Waals surface area contributed by atoms with Gasteiger partial charge in [0.1, 0.15) is 5.75 Å². The van der Waals surface area contributed by atoms with Gasteiger partial charge in [0.25, 0.3) is 5.91 Å². The summed E-state index contributed by atoms with van der Waals surface area (Å²) in [4.78, 5) is 12.2. The summed E-state index contributed by atoms with van der Waals surface area (Å²) in [6.07, 6.45) is 1.50. The number of hydrogen-bond acceptors (Lipinski definition) is 5. The van der Waals surface area contributed by atoms with Crippen molar-refractivity contribution in [2.24, 2.45) is 5.10 Å². The van der Waals surface area contributed by atoms with E-state index in [-0.39, 0.29) is 5.91 Å². The Labute approximate surface area is 147 Å². The van der Waals surface area contributed by atoms with E-state index in [1.165, 1.54) is 6.21 Å². The maximum Gasteiger partial charge on any atom is 0.271 e. The van der Waals surface area contributed by atoms with Gasteiger partial charge in [0, 0.05) is 17.2 Å². The van der Waals surface area contributed by atoms with Gasteiger partial charge in [-0.1, -0.05) is 6.07 Å². The summed E-state index contributed by atoms with van der Waals surface area (Å²) in [6.45, 7) is 3.96. The third-order valence-electron chi connectivity index (χ3n) is 3.87. The summed E-state index contributed by atoms with van der Waals surface area (Å²) in [7, 11) is 4.65. The van der Waals surface area contributed by atoms with Gasteiger partial charge in [0.15, 0.2) is 11.5 Å². The normalized spacial score (nSPS) is 10.6. The van der Waals surface area contributed by atoms with E-state index >= 15 is 0 Å². The Hall–Kier alpha value is -3.02. The molecule has 0 aliphatic rings. The van der Waals surface area contributed by atoms with E-state index in [4.69, 9.17) is 14.2 Å². The third-order valence-corrected chi connectivity index (χ3v) is 3.87. The van der Waals surface area contributed by atoms with Crippen LogP contribution in [-0.4, -0.2) is 33.5 Å². The molecule has 6 heteroatoms. The number of hydrazone groups is 1. The fourth-order valence-electron chi connectivity index (χ4n) is 2.26. The zero-order chi connectivity index (χ0) is 18.4. The first-order valence-corrected chi connectivity index (χ1v) is 7.70. The molecule has 0 aromatic heterocycles. The van der Waals surface area contributed by atoms with Crippen molar-refractivity contribution in [2.45, 2.75) is 13.8 Å². The molecule has 25 heavy (non-hydrogen) atoms. The second kappa shape index (κ2) is 8.19. The van der Waals surface area contributed by atoms with Crippen molar-refractivity contribution in [1.82, 2.24) is 5.43 Å². The van der Waals surface area contributed by atoms with Crippen LogP contribution in [-0.2, 0) is 0 Å². The lowest BCUT2D eigenvalue weighted by atomic mass is 10.1. The molecule has 0 atom stereocenters. The highest BCUT2D eigenvalue weighted by atomic mass is 16.5. The first-order valence-electron chi connectivity index (χ1n) is 7.70. The summed E-state index contributed by atoms with van der Waals surface area (Å²) in [5, 5.41) is 4.01. The highest BCUT2D eigenvalue weighted by Crippen LogP contribution is 2.33. The molecule has 0 aliphatic heterocycles. The minimum Gasteiger partial charge on any atom is -0.496 e. The van der Waals surface area contributed by atoms with Crippen LogP contribution in [0.2, 0.25) is 0 Å². The summed E-state index contributed by atoms with van der Waals surface area (Å²) in [6, 6.07) is 8.93. The Balaban J connectivity index is 2.18. The van der Waals surface area contributed by atoms with Crippen LogP contribution in [0.1, 0.15) is 27.0 Å². The Bertz CT molecular complexity index is 800. The number of benzene rings is 2. The molecule has 2 rings (SSSR count). The number of carbonyl (C=O) groups excluding carboxylic acids is 1. The molecule has 6 nitrogen and oxygen atoms in total. The standard InChI is InChI=1S/C19H22N2O4/c1-12-6-7-14(8-13(12)2)19(22)21-20-11-15-9-17(24-4)18(25-5)10-16(15)23-3/h6-11H,1-5H3,(H,21,22). The molecule has 0 heterocycles. The number of aryl methyl sites for hydroxylation is 2. The molecular formula is C19H22N2O4. The molecule has 0 aliphatic carbocycles. The largest absolute Gasteiger partial charge is 0.496 e. The summed E-state index contributed by atoms with van der Waals surface area (Å²) < 4.78 is 15.8. The highest BCUT2D eigenvalue weighted by molar-refractivity contribution is 5.95. The van der Waals surface area contributed by atoms with E-state index in [0.29, 0.717) is 28.4 Å². The molecule has 0 saturated heterocycles. The average molecular weight is 342 g/mol.